The number of carbonyl (C=O) groups is 1. The lowest BCUT2D eigenvalue weighted by Crippen LogP contribution is -2.19. The van der Waals surface area contributed by atoms with Crippen LogP contribution < -0.4 is 4.74 Å². The summed E-state index contributed by atoms with van der Waals surface area (Å²) >= 11 is 0. The number of hydrogen-bond acceptors (Lipinski definition) is 3. The first-order valence-corrected chi connectivity index (χ1v) is 6.81. The molecule has 0 saturated heterocycles. The maximum Gasteiger partial charge on any atom is 0.314 e. The van der Waals surface area contributed by atoms with Crippen LogP contribution in [-0.2, 0) is 11.2 Å². The molecule has 0 aliphatic heterocycles. The lowest BCUT2D eigenvalue weighted by molar-refractivity contribution is -0.139. The SMILES string of the molecule is O=C(O)C(COc1ccc(CCO)cc1)c1ccccc1. The molecule has 110 valence electrons. The van der Waals surface area contributed by atoms with Crippen molar-refractivity contribution in [3.63, 3.8) is 0 Å². The minimum Gasteiger partial charge on any atom is -0.492 e. The Hall–Kier alpha value is -2.33. The maximum absolute atomic E-state index is 11.4. The van der Waals surface area contributed by atoms with Gasteiger partial charge in [0.2, 0.25) is 0 Å². The van der Waals surface area contributed by atoms with Crippen LogP contribution in [0.3, 0.4) is 0 Å². The van der Waals surface area contributed by atoms with Crippen LogP contribution in [0.5, 0.6) is 5.75 Å². The summed E-state index contributed by atoms with van der Waals surface area (Å²) in [5.74, 6) is -0.972. The van der Waals surface area contributed by atoms with E-state index in [9.17, 15) is 9.90 Å². The van der Waals surface area contributed by atoms with Crippen molar-refractivity contribution in [3.05, 3.63) is 65.7 Å². The van der Waals surface area contributed by atoms with Gasteiger partial charge in [-0.1, -0.05) is 42.5 Å². The van der Waals surface area contributed by atoms with Crippen molar-refractivity contribution in [2.45, 2.75) is 12.3 Å². The Morgan fingerprint density at radius 2 is 1.71 bits per heavy atom. The molecule has 1 unspecified atom stereocenters. The fourth-order valence-corrected chi connectivity index (χ4v) is 2.06. The molecule has 1 atom stereocenters. The standard InChI is InChI=1S/C17H18O4/c18-11-10-13-6-8-15(9-7-13)21-12-16(17(19)20)14-4-2-1-3-5-14/h1-9,16,18H,10-12H2,(H,19,20). The first kappa shape index (κ1) is 15.1. The molecule has 2 aromatic carbocycles. The van der Waals surface area contributed by atoms with Gasteiger partial charge in [0.25, 0.3) is 0 Å². The molecule has 0 heterocycles. The second-order valence-electron chi connectivity index (χ2n) is 4.73. The van der Waals surface area contributed by atoms with Crippen molar-refractivity contribution >= 4 is 5.97 Å². The van der Waals surface area contributed by atoms with Crippen molar-refractivity contribution in [2.24, 2.45) is 0 Å². The third-order valence-corrected chi connectivity index (χ3v) is 3.24. The zero-order valence-electron chi connectivity index (χ0n) is 11.6. The Bertz CT molecular complexity index is 563. The molecule has 0 saturated carbocycles. The number of aliphatic hydroxyl groups excluding tert-OH is 1. The number of ether oxygens (including phenoxy) is 1. The van der Waals surface area contributed by atoms with Crippen molar-refractivity contribution in [3.8, 4) is 5.75 Å². The Balaban J connectivity index is 2.00. The van der Waals surface area contributed by atoms with E-state index < -0.39 is 11.9 Å². The summed E-state index contributed by atoms with van der Waals surface area (Å²) in [5, 5.41) is 18.2. The predicted octanol–water partition coefficient (Wildman–Crippen LogP) is 2.47. The highest BCUT2D eigenvalue weighted by Crippen LogP contribution is 2.19. The summed E-state index contributed by atoms with van der Waals surface area (Å²) in [7, 11) is 0. The first-order chi connectivity index (χ1) is 10.2. The van der Waals surface area contributed by atoms with E-state index >= 15 is 0 Å². The van der Waals surface area contributed by atoms with Gasteiger partial charge < -0.3 is 14.9 Å². The monoisotopic (exact) mass is 286 g/mol. The van der Waals surface area contributed by atoms with Crippen LogP contribution in [0.2, 0.25) is 0 Å². The Labute approximate surface area is 123 Å². The van der Waals surface area contributed by atoms with Gasteiger partial charge in [-0.15, -0.1) is 0 Å². The molecule has 2 N–H and O–H groups in total. The summed E-state index contributed by atoms with van der Waals surface area (Å²) in [6, 6.07) is 16.4. The van der Waals surface area contributed by atoms with Gasteiger partial charge in [0.1, 0.15) is 18.3 Å². The molecule has 0 bridgehead atoms. The van der Waals surface area contributed by atoms with Crippen LogP contribution in [0.1, 0.15) is 17.0 Å². The van der Waals surface area contributed by atoms with Gasteiger partial charge in [-0.25, -0.2) is 0 Å². The molecule has 21 heavy (non-hydrogen) atoms. The maximum atomic E-state index is 11.4. The fourth-order valence-electron chi connectivity index (χ4n) is 2.06. The van der Waals surface area contributed by atoms with Gasteiger partial charge in [0.05, 0.1) is 0 Å². The second kappa shape index (κ2) is 7.45. The van der Waals surface area contributed by atoms with E-state index in [2.05, 4.69) is 0 Å². The van der Waals surface area contributed by atoms with E-state index in [0.29, 0.717) is 12.2 Å². The Morgan fingerprint density at radius 3 is 2.29 bits per heavy atom. The molecule has 2 aromatic rings. The zero-order valence-corrected chi connectivity index (χ0v) is 11.6. The van der Waals surface area contributed by atoms with E-state index in [1.165, 1.54) is 0 Å². The quantitative estimate of drug-likeness (QED) is 0.820. The highest BCUT2D eigenvalue weighted by atomic mass is 16.5. The van der Waals surface area contributed by atoms with Crippen LogP contribution in [-0.4, -0.2) is 29.4 Å². The third-order valence-electron chi connectivity index (χ3n) is 3.24. The van der Waals surface area contributed by atoms with Crippen molar-refractivity contribution in [1.82, 2.24) is 0 Å². The molecule has 2 rings (SSSR count). The number of aliphatic hydroxyl groups is 1. The number of rotatable bonds is 7. The highest BCUT2D eigenvalue weighted by molar-refractivity contribution is 5.76. The Morgan fingerprint density at radius 1 is 1.05 bits per heavy atom. The minimum atomic E-state index is -0.905. The van der Waals surface area contributed by atoms with E-state index in [-0.39, 0.29) is 13.2 Å². The molecule has 0 aliphatic carbocycles. The van der Waals surface area contributed by atoms with E-state index in [4.69, 9.17) is 9.84 Å². The molecule has 0 amide bonds. The van der Waals surface area contributed by atoms with Crippen LogP contribution in [0.25, 0.3) is 0 Å². The van der Waals surface area contributed by atoms with Gasteiger partial charge in [-0.3, -0.25) is 4.79 Å². The molecule has 4 heteroatoms. The molecule has 0 aliphatic rings. The number of hydrogen-bond donors (Lipinski definition) is 2. The summed E-state index contributed by atoms with van der Waals surface area (Å²) in [6.45, 7) is 0.188. The van der Waals surface area contributed by atoms with Crippen molar-refractivity contribution in [1.29, 1.82) is 0 Å². The molecule has 0 spiro atoms. The summed E-state index contributed by atoms with van der Waals surface area (Å²) in [5.41, 5.74) is 1.74. The summed E-state index contributed by atoms with van der Waals surface area (Å²) < 4.78 is 5.57. The van der Waals surface area contributed by atoms with Gasteiger partial charge in [-0.05, 0) is 29.7 Å². The van der Waals surface area contributed by atoms with Crippen LogP contribution >= 0.6 is 0 Å². The normalized spacial score (nSPS) is 11.9. The average Bonchev–Trinajstić information content (AvgIpc) is 2.50. The van der Waals surface area contributed by atoms with Crippen molar-refractivity contribution < 1.29 is 19.7 Å². The predicted molar refractivity (Wildman–Crippen MR) is 79.5 cm³/mol. The van der Waals surface area contributed by atoms with Gasteiger partial charge in [0, 0.05) is 6.61 Å². The molecule has 0 radical (unpaired) electrons. The highest BCUT2D eigenvalue weighted by Gasteiger charge is 2.20. The number of benzene rings is 2. The molecule has 4 nitrogen and oxygen atoms in total. The zero-order chi connectivity index (χ0) is 15.1. The first-order valence-electron chi connectivity index (χ1n) is 6.81. The molecular weight excluding hydrogens is 268 g/mol. The number of carboxylic acid groups (broad SMARTS) is 1. The topological polar surface area (TPSA) is 66.8 Å². The third kappa shape index (κ3) is 4.33. The smallest absolute Gasteiger partial charge is 0.314 e. The Kier molecular flexibility index (Phi) is 5.35. The number of carboxylic acids is 1. The second-order valence-corrected chi connectivity index (χ2v) is 4.73. The van der Waals surface area contributed by atoms with Crippen LogP contribution in [0.4, 0.5) is 0 Å². The molecular formula is C17H18O4. The van der Waals surface area contributed by atoms with E-state index in [1.807, 2.05) is 30.3 Å². The fraction of sp³-hybridized carbons (Fsp3) is 0.235. The van der Waals surface area contributed by atoms with Crippen molar-refractivity contribution in [2.75, 3.05) is 13.2 Å². The van der Waals surface area contributed by atoms with Gasteiger partial charge >= 0.3 is 5.97 Å². The van der Waals surface area contributed by atoms with E-state index in [0.717, 1.165) is 11.1 Å². The average molecular weight is 286 g/mol. The number of aliphatic carboxylic acids is 1. The minimum absolute atomic E-state index is 0.0820. The van der Waals surface area contributed by atoms with E-state index in [1.54, 1.807) is 24.3 Å². The van der Waals surface area contributed by atoms with Crippen LogP contribution in [0, 0.1) is 0 Å². The van der Waals surface area contributed by atoms with Crippen LogP contribution in [0.15, 0.2) is 54.6 Å². The summed E-state index contributed by atoms with van der Waals surface area (Å²) in [4.78, 5) is 11.4. The molecule has 0 aromatic heterocycles. The largest absolute Gasteiger partial charge is 0.492 e. The van der Waals surface area contributed by atoms with Gasteiger partial charge in [0.15, 0.2) is 0 Å². The lowest BCUT2D eigenvalue weighted by atomic mass is 10.0. The van der Waals surface area contributed by atoms with Gasteiger partial charge in [-0.2, -0.15) is 0 Å². The lowest BCUT2D eigenvalue weighted by Gasteiger charge is -2.14. The summed E-state index contributed by atoms with van der Waals surface area (Å²) in [6.07, 6.45) is 0.599. The molecule has 0 fully saturated rings.